The molecule has 0 aliphatic carbocycles. The lowest BCUT2D eigenvalue weighted by molar-refractivity contribution is 0.0952. The van der Waals surface area contributed by atoms with Gasteiger partial charge in [-0.2, -0.15) is 0 Å². The number of carbonyl (C=O) groups is 1. The molecule has 0 radical (unpaired) electrons. The van der Waals surface area contributed by atoms with Gasteiger partial charge in [0, 0.05) is 12.1 Å². The van der Waals surface area contributed by atoms with Crippen molar-refractivity contribution in [3.63, 3.8) is 0 Å². The molecule has 9 heteroatoms. The molecule has 1 amide bonds. The Morgan fingerprint density at radius 1 is 1.00 bits per heavy atom. The Labute approximate surface area is 158 Å². The van der Waals surface area contributed by atoms with E-state index in [2.05, 4.69) is 5.32 Å². The number of hydrogen-bond acceptors (Lipinski definition) is 4. The molecule has 0 saturated heterocycles. The number of rotatable bonds is 6. The molecule has 1 atom stereocenters. The molecule has 0 bridgehead atoms. The fourth-order valence-corrected chi connectivity index (χ4v) is 4.14. The van der Waals surface area contributed by atoms with Crippen LogP contribution >= 0.6 is 0 Å². The molecule has 1 N–H and O–H groups in total. The SMILES string of the molecule is O=C(NC[C@H](c1ccco1)S(=O)(=O)c1ccc(F)cc1)c1ccc(F)c(F)c1. The molecule has 0 unspecified atom stereocenters. The Kier molecular flexibility index (Phi) is 5.55. The van der Waals surface area contributed by atoms with Gasteiger partial charge in [-0.1, -0.05) is 0 Å². The molecule has 5 nitrogen and oxygen atoms in total. The van der Waals surface area contributed by atoms with Gasteiger partial charge in [0.05, 0.1) is 11.2 Å². The third kappa shape index (κ3) is 4.09. The van der Waals surface area contributed by atoms with Crippen molar-refractivity contribution in [3.8, 4) is 0 Å². The molecule has 1 aromatic heterocycles. The molecule has 3 rings (SSSR count). The standard InChI is InChI=1S/C19H14F3NO4S/c20-13-4-6-14(7-5-13)28(25,26)18(17-2-1-9-27-17)11-23-19(24)12-3-8-15(21)16(22)10-12/h1-10,18H,11H2,(H,23,24)/t18-/m1/s1. The summed E-state index contributed by atoms with van der Waals surface area (Å²) >= 11 is 0. The highest BCUT2D eigenvalue weighted by Crippen LogP contribution is 2.29. The van der Waals surface area contributed by atoms with Crippen molar-refractivity contribution in [3.05, 3.63) is 89.6 Å². The Morgan fingerprint density at radius 3 is 2.32 bits per heavy atom. The monoisotopic (exact) mass is 409 g/mol. The topological polar surface area (TPSA) is 76.4 Å². The zero-order chi connectivity index (χ0) is 20.3. The van der Waals surface area contributed by atoms with E-state index in [1.54, 1.807) is 0 Å². The summed E-state index contributed by atoms with van der Waals surface area (Å²) in [5.74, 6) is -3.63. The van der Waals surface area contributed by atoms with Gasteiger partial charge >= 0.3 is 0 Å². The Morgan fingerprint density at radius 2 is 1.71 bits per heavy atom. The summed E-state index contributed by atoms with van der Waals surface area (Å²) in [5.41, 5.74) is -0.170. The molecule has 0 aliphatic rings. The van der Waals surface area contributed by atoms with E-state index in [4.69, 9.17) is 4.42 Å². The predicted octanol–water partition coefficient (Wildman–Crippen LogP) is 3.64. The molecule has 28 heavy (non-hydrogen) atoms. The third-order valence-electron chi connectivity index (χ3n) is 4.01. The number of sulfone groups is 1. The van der Waals surface area contributed by atoms with Crippen LogP contribution in [0.2, 0.25) is 0 Å². The molecular weight excluding hydrogens is 395 g/mol. The van der Waals surface area contributed by atoms with Gasteiger partial charge in [-0.25, -0.2) is 21.6 Å². The second-order valence-electron chi connectivity index (χ2n) is 5.84. The first-order valence-electron chi connectivity index (χ1n) is 8.05. The number of amides is 1. The molecule has 2 aromatic carbocycles. The minimum absolute atomic E-state index is 0.0647. The normalized spacial score (nSPS) is 12.5. The van der Waals surface area contributed by atoms with E-state index >= 15 is 0 Å². The zero-order valence-electron chi connectivity index (χ0n) is 14.2. The molecule has 0 fully saturated rings. The van der Waals surface area contributed by atoms with E-state index in [1.165, 1.54) is 18.4 Å². The van der Waals surface area contributed by atoms with Crippen molar-refractivity contribution in [1.29, 1.82) is 0 Å². The van der Waals surface area contributed by atoms with Crippen molar-refractivity contribution in [2.75, 3.05) is 6.54 Å². The lowest BCUT2D eigenvalue weighted by atomic mass is 10.2. The predicted molar refractivity (Wildman–Crippen MR) is 93.7 cm³/mol. The van der Waals surface area contributed by atoms with Crippen LogP contribution in [0.1, 0.15) is 21.4 Å². The second-order valence-corrected chi connectivity index (χ2v) is 7.97. The van der Waals surface area contributed by atoms with Crippen LogP contribution in [0.3, 0.4) is 0 Å². The number of furan rings is 1. The van der Waals surface area contributed by atoms with Crippen molar-refractivity contribution in [2.45, 2.75) is 10.1 Å². The van der Waals surface area contributed by atoms with Gasteiger partial charge in [0.1, 0.15) is 16.8 Å². The van der Waals surface area contributed by atoms with E-state index in [-0.39, 0.29) is 16.2 Å². The van der Waals surface area contributed by atoms with Gasteiger partial charge in [-0.05, 0) is 54.6 Å². The summed E-state index contributed by atoms with van der Waals surface area (Å²) in [6, 6.07) is 9.72. The maximum absolute atomic E-state index is 13.3. The molecule has 0 aliphatic heterocycles. The Balaban J connectivity index is 1.86. The number of benzene rings is 2. The average Bonchev–Trinajstić information content (AvgIpc) is 3.18. The molecule has 0 saturated carbocycles. The highest BCUT2D eigenvalue weighted by Gasteiger charge is 2.32. The highest BCUT2D eigenvalue weighted by molar-refractivity contribution is 7.91. The summed E-state index contributed by atoms with van der Waals surface area (Å²) in [6.07, 6.45) is 1.28. The van der Waals surface area contributed by atoms with E-state index in [0.29, 0.717) is 6.07 Å². The van der Waals surface area contributed by atoms with E-state index in [1.807, 2.05) is 0 Å². The summed E-state index contributed by atoms with van der Waals surface area (Å²) in [4.78, 5) is 12.1. The highest BCUT2D eigenvalue weighted by atomic mass is 32.2. The maximum Gasteiger partial charge on any atom is 0.251 e. The van der Waals surface area contributed by atoms with Crippen molar-refractivity contribution in [1.82, 2.24) is 5.32 Å². The average molecular weight is 409 g/mol. The molecule has 1 heterocycles. The van der Waals surface area contributed by atoms with Gasteiger partial charge < -0.3 is 9.73 Å². The summed E-state index contributed by atoms with van der Waals surface area (Å²) < 4.78 is 70.5. The first-order chi connectivity index (χ1) is 13.3. The second kappa shape index (κ2) is 7.89. The number of halogens is 3. The Hall–Kier alpha value is -3.07. The van der Waals surface area contributed by atoms with E-state index < -0.39 is 45.0 Å². The van der Waals surface area contributed by atoms with Crippen molar-refractivity contribution >= 4 is 15.7 Å². The van der Waals surface area contributed by atoms with Crippen LogP contribution in [0, 0.1) is 17.5 Å². The van der Waals surface area contributed by atoms with E-state index in [9.17, 15) is 26.4 Å². The molecule has 146 valence electrons. The van der Waals surface area contributed by atoms with Gasteiger partial charge in [-0.15, -0.1) is 0 Å². The zero-order valence-corrected chi connectivity index (χ0v) is 15.0. The van der Waals surface area contributed by atoms with Crippen molar-refractivity contribution < 1.29 is 30.8 Å². The lowest BCUT2D eigenvalue weighted by Gasteiger charge is -2.17. The fourth-order valence-electron chi connectivity index (χ4n) is 2.55. The maximum atomic E-state index is 13.3. The molecule has 0 spiro atoms. The van der Waals surface area contributed by atoms with Crippen LogP contribution < -0.4 is 5.32 Å². The smallest absolute Gasteiger partial charge is 0.251 e. The minimum atomic E-state index is -4.04. The van der Waals surface area contributed by atoms with Crippen LogP contribution in [0.5, 0.6) is 0 Å². The van der Waals surface area contributed by atoms with Gasteiger partial charge in [0.15, 0.2) is 21.5 Å². The lowest BCUT2D eigenvalue weighted by Crippen LogP contribution is -2.32. The van der Waals surface area contributed by atoms with Crippen LogP contribution in [-0.4, -0.2) is 20.9 Å². The van der Waals surface area contributed by atoms with Gasteiger partial charge in [-0.3, -0.25) is 4.79 Å². The van der Waals surface area contributed by atoms with Crippen LogP contribution in [0.25, 0.3) is 0 Å². The van der Waals surface area contributed by atoms with Gasteiger partial charge in [0.25, 0.3) is 5.91 Å². The summed E-state index contributed by atoms with van der Waals surface area (Å²) in [7, 11) is -4.04. The summed E-state index contributed by atoms with van der Waals surface area (Å²) in [6.45, 7) is -0.398. The first kappa shape index (κ1) is 19.7. The molecular formula is C19H14F3NO4S. The number of nitrogens with one attached hydrogen (secondary N) is 1. The fraction of sp³-hybridized carbons (Fsp3) is 0.105. The number of carbonyl (C=O) groups excluding carboxylic acids is 1. The van der Waals surface area contributed by atoms with Crippen LogP contribution in [0.4, 0.5) is 13.2 Å². The minimum Gasteiger partial charge on any atom is -0.468 e. The van der Waals surface area contributed by atoms with Crippen molar-refractivity contribution in [2.24, 2.45) is 0 Å². The van der Waals surface area contributed by atoms with E-state index in [0.717, 1.165) is 36.4 Å². The first-order valence-corrected chi connectivity index (χ1v) is 9.60. The Bertz CT molecular complexity index is 1080. The van der Waals surface area contributed by atoms with Gasteiger partial charge in [0.2, 0.25) is 0 Å². The quantitative estimate of drug-likeness (QED) is 0.631. The molecule has 3 aromatic rings. The largest absolute Gasteiger partial charge is 0.468 e. The van der Waals surface area contributed by atoms with Crippen LogP contribution in [0.15, 0.2) is 70.2 Å². The third-order valence-corrected chi connectivity index (χ3v) is 6.08. The number of hydrogen-bond donors (Lipinski definition) is 1. The van der Waals surface area contributed by atoms with Crippen LogP contribution in [-0.2, 0) is 9.84 Å². The summed E-state index contributed by atoms with van der Waals surface area (Å²) in [5, 5.41) is 1.08.